The van der Waals surface area contributed by atoms with Crippen LogP contribution in [-0.2, 0) is 11.2 Å². The van der Waals surface area contributed by atoms with Crippen LogP contribution in [0.1, 0.15) is 23.1 Å². The maximum absolute atomic E-state index is 13.3. The molecule has 2 rings (SSSR count). The van der Waals surface area contributed by atoms with Gasteiger partial charge in [-0.3, -0.25) is 0 Å². The van der Waals surface area contributed by atoms with Crippen molar-refractivity contribution in [2.45, 2.75) is 12.8 Å². The summed E-state index contributed by atoms with van der Waals surface area (Å²) in [4.78, 5) is 0. The molecular formula is C12H10FNO. The molecule has 0 radical (unpaired) electrons. The topological polar surface area (TPSA) is 33.0 Å². The van der Waals surface area contributed by atoms with E-state index in [1.165, 1.54) is 6.07 Å². The first-order chi connectivity index (χ1) is 7.27. The monoisotopic (exact) mass is 203 g/mol. The van der Waals surface area contributed by atoms with E-state index in [1.54, 1.807) is 19.4 Å². The first-order valence-electron chi connectivity index (χ1n) is 4.71. The van der Waals surface area contributed by atoms with Crippen molar-refractivity contribution in [2.75, 3.05) is 7.11 Å². The summed E-state index contributed by atoms with van der Waals surface area (Å²) in [6.07, 6.45) is 3.18. The molecular weight excluding hydrogens is 193 g/mol. The average Bonchev–Trinajstić information content (AvgIpc) is 2.62. The number of rotatable bonds is 1. The number of hydrogen-bond donors (Lipinski definition) is 0. The number of benzene rings is 1. The first kappa shape index (κ1) is 9.72. The van der Waals surface area contributed by atoms with Crippen molar-refractivity contribution in [2.24, 2.45) is 0 Å². The molecule has 0 bridgehead atoms. The lowest BCUT2D eigenvalue weighted by Crippen LogP contribution is -1.92. The van der Waals surface area contributed by atoms with Crippen LogP contribution in [0.2, 0.25) is 0 Å². The number of ether oxygens (including phenoxy) is 1. The van der Waals surface area contributed by atoms with Gasteiger partial charge < -0.3 is 4.74 Å². The average molecular weight is 203 g/mol. The third-order valence-corrected chi connectivity index (χ3v) is 2.62. The van der Waals surface area contributed by atoms with Crippen LogP contribution < -0.4 is 0 Å². The van der Waals surface area contributed by atoms with Crippen molar-refractivity contribution in [3.05, 3.63) is 40.9 Å². The van der Waals surface area contributed by atoms with Crippen molar-refractivity contribution in [1.82, 2.24) is 0 Å². The van der Waals surface area contributed by atoms with Crippen molar-refractivity contribution in [3.8, 4) is 6.07 Å². The van der Waals surface area contributed by atoms with Gasteiger partial charge in [0.2, 0.25) is 0 Å². The molecule has 0 aliphatic heterocycles. The number of nitriles is 1. The van der Waals surface area contributed by atoms with Crippen LogP contribution >= 0.6 is 0 Å². The Balaban J connectivity index is 2.59. The summed E-state index contributed by atoms with van der Waals surface area (Å²) < 4.78 is 18.2. The molecule has 0 saturated carbocycles. The van der Waals surface area contributed by atoms with Crippen LogP contribution in [0.15, 0.2) is 18.4 Å². The highest BCUT2D eigenvalue weighted by atomic mass is 19.1. The van der Waals surface area contributed by atoms with Gasteiger partial charge in [0, 0.05) is 0 Å². The zero-order chi connectivity index (χ0) is 10.8. The summed E-state index contributed by atoms with van der Waals surface area (Å²) in [5, 5.41) is 8.86. The molecule has 3 heteroatoms. The summed E-state index contributed by atoms with van der Waals surface area (Å²) in [7, 11) is 1.58. The Hall–Kier alpha value is -1.82. The second-order valence-electron chi connectivity index (χ2n) is 3.44. The Kier molecular flexibility index (Phi) is 2.42. The van der Waals surface area contributed by atoms with Gasteiger partial charge in [-0.1, -0.05) is 6.07 Å². The number of nitrogens with zero attached hydrogens (tertiary/aromatic N) is 1. The zero-order valence-corrected chi connectivity index (χ0v) is 8.38. The Morgan fingerprint density at radius 2 is 2.27 bits per heavy atom. The quantitative estimate of drug-likeness (QED) is 0.657. The van der Waals surface area contributed by atoms with Gasteiger partial charge in [0.05, 0.1) is 18.9 Å². The van der Waals surface area contributed by atoms with Crippen molar-refractivity contribution < 1.29 is 9.13 Å². The molecule has 2 nitrogen and oxygen atoms in total. The van der Waals surface area contributed by atoms with E-state index in [0.717, 1.165) is 23.1 Å². The van der Waals surface area contributed by atoms with Crippen LogP contribution in [0.5, 0.6) is 0 Å². The van der Waals surface area contributed by atoms with Gasteiger partial charge in [0.25, 0.3) is 0 Å². The van der Waals surface area contributed by atoms with Crippen LogP contribution in [0.3, 0.4) is 0 Å². The fourth-order valence-corrected chi connectivity index (χ4v) is 1.96. The smallest absolute Gasteiger partial charge is 0.141 e. The van der Waals surface area contributed by atoms with Gasteiger partial charge in [-0.25, -0.2) is 4.39 Å². The molecule has 15 heavy (non-hydrogen) atoms. The lowest BCUT2D eigenvalue weighted by atomic mass is 10.0. The van der Waals surface area contributed by atoms with Gasteiger partial charge in [0.15, 0.2) is 0 Å². The van der Waals surface area contributed by atoms with Gasteiger partial charge in [-0.15, -0.1) is 0 Å². The number of halogens is 1. The summed E-state index contributed by atoms with van der Waals surface area (Å²) in [5.74, 6) is -0.435. The molecule has 0 saturated heterocycles. The number of allylic oxidation sites excluding steroid dienone is 1. The normalized spacial score (nSPS) is 16.2. The maximum atomic E-state index is 13.3. The van der Waals surface area contributed by atoms with Gasteiger partial charge in [-0.05, 0) is 35.6 Å². The Labute approximate surface area is 87.6 Å². The predicted molar refractivity (Wildman–Crippen MR) is 54.4 cm³/mol. The Morgan fingerprint density at radius 3 is 2.93 bits per heavy atom. The molecule has 0 atom stereocenters. The number of hydrogen-bond acceptors (Lipinski definition) is 2. The van der Waals surface area contributed by atoms with E-state index < -0.39 is 5.82 Å². The van der Waals surface area contributed by atoms with Gasteiger partial charge >= 0.3 is 0 Å². The van der Waals surface area contributed by atoms with E-state index in [1.807, 2.05) is 6.07 Å². The second kappa shape index (κ2) is 3.74. The molecule has 1 aliphatic carbocycles. The fraction of sp³-hybridized carbons (Fsp3) is 0.250. The molecule has 0 aromatic heterocycles. The molecule has 0 unspecified atom stereocenters. The third-order valence-electron chi connectivity index (χ3n) is 2.62. The fourth-order valence-electron chi connectivity index (χ4n) is 1.96. The van der Waals surface area contributed by atoms with Crippen LogP contribution in [0.25, 0.3) is 5.57 Å². The molecule has 0 heterocycles. The van der Waals surface area contributed by atoms with Gasteiger partial charge in [0.1, 0.15) is 11.9 Å². The third kappa shape index (κ3) is 1.48. The van der Waals surface area contributed by atoms with E-state index in [9.17, 15) is 4.39 Å². The SMILES string of the molecule is CO/C=C1\CCc2c1ccc(F)c2C#N. The van der Waals surface area contributed by atoms with Crippen molar-refractivity contribution in [1.29, 1.82) is 5.26 Å². The molecule has 0 amide bonds. The van der Waals surface area contributed by atoms with E-state index in [2.05, 4.69) is 0 Å². The lowest BCUT2D eigenvalue weighted by Gasteiger charge is -2.03. The minimum atomic E-state index is -0.435. The largest absolute Gasteiger partial charge is 0.504 e. The summed E-state index contributed by atoms with van der Waals surface area (Å²) in [6, 6.07) is 4.97. The van der Waals surface area contributed by atoms with E-state index >= 15 is 0 Å². The summed E-state index contributed by atoms with van der Waals surface area (Å²) in [5.41, 5.74) is 2.95. The van der Waals surface area contributed by atoms with Crippen molar-refractivity contribution in [3.63, 3.8) is 0 Å². The Bertz CT molecular complexity index is 471. The first-order valence-corrected chi connectivity index (χ1v) is 4.71. The molecule has 1 aromatic rings. The molecule has 0 fully saturated rings. The molecule has 0 N–H and O–H groups in total. The highest BCUT2D eigenvalue weighted by Gasteiger charge is 2.21. The highest BCUT2D eigenvalue weighted by molar-refractivity contribution is 5.74. The maximum Gasteiger partial charge on any atom is 0.141 e. The van der Waals surface area contributed by atoms with Gasteiger partial charge in [-0.2, -0.15) is 5.26 Å². The van der Waals surface area contributed by atoms with Crippen LogP contribution in [-0.4, -0.2) is 7.11 Å². The Morgan fingerprint density at radius 1 is 1.47 bits per heavy atom. The van der Waals surface area contributed by atoms with E-state index in [-0.39, 0.29) is 5.56 Å². The minimum Gasteiger partial charge on any atom is -0.504 e. The van der Waals surface area contributed by atoms with E-state index in [0.29, 0.717) is 6.42 Å². The van der Waals surface area contributed by atoms with Crippen LogP contribution in [0, 0.1) is 17.1 Å². The zero-order valence-electron chi connectivity index (χ0n) is 8.38. The predicted octanol–water partition coefficient (Wildman–Crippen LogP) is 2.63. The summed E-state index contributed by atoms with van der Waals surface area (Å²) in [6.45, 7) is 0. The summed E-state index contributed by atoms with van der Waals surface area (Å²) >= 11 is 0. The molecule has 1 aliphatic rings. The molecule has 76 valence electrons. The highest BCUT2D eigenvalue weighted by Crippen LogP contribution is 2.34. The van der Waals surface area contributed by atoms with Crippen molar-refractivity contribution >= 4 is 5.57 Å². The standard InChI is InChI=1S/C12H10FNO/c1-15-7-8-2-3-10-9(8)4-5-12(13)11(10)6-14/h4-5,7H,2-3H2,1H3/b8-7+. The van der Waals surface area contributed by atoms with E-state index in [4.69, 9.17) is 10.00 Å². The number of fused-ring (bicyclic) bond motifs is 1. The molecule has 0 spiro atoms. The lowest BCUT2D eigenvalue weighted by molar-refractivity contribution is 0.339. The minimum absolute atomic E-state index is 0.173. The second-order valence-corrected chi connectivity index (χ2v) is 3.44. The number of methoxy groups -OCH3 is 1. The molecule has 1 aromatic carbocycles. The van der Waals surface area contributed by atoms with Crippen LogP contribution in [0.4, 0.5) is 4.39 Å².